The van der Waals surface area contributed by atoms with E-state index in [1.165, 1.54) is 53.3 Å². The summed E-state index contributed by atoms with van der Waals surface area (Å²) >= 11 is 0. The molecule has 0 amide bonds. The van der Waals surface area contributed by atoms with Gasteiger partial charge < -0.3 is 9.67 Å². The maximum absolute atomic E-state index is 10.8. The molecule has 6 rings (SSSR count). The Labute approximate surface area is 141 Å². The maximum Gasteiger partial charge on any atom is 0.140 e. The van der Waals surface area contributed by atoms with Crippen molar-refractivity contribution in [3.63, 3.8) is 0 Å². The lowest BCUT2D eigenvalue weighted by Crippen LogP contribution is -2.31. The first-order chi connectivity index (χ1) is 11.7. The van der Waals surface area contributed by atoms with Gasteiger partial charge in [0.05, 0.1) is 5.52 Å². The van der Waals surface area contributed by atoms with Crippen molar-refractivity contribution < 1.29 is 5.11 Å². The van der Waals surface area contributed by atoms with Gasteiger partial charge in [0.2, 0.25) is 0 Å². The number of hydrogen-bond donors (Lipinski definition) is 1. The van der Waals surface area contributed by atoms with Gasteiger partial charge in [0.15, 0.2) is 0 Å². The number of fused-ring (bicyclic) bond motifs is 10. The molecule has 0 aliphatic heterocycles. The number of aryl methyl sites for hydroxylation is 1. The standard InChI is InChI=1S/C22H21NO/c1-23-9-8-16-20-15-4-2-3-5-17(15)22(12-13-6-7-14(22)10-13)18(20)11-19(24)21(16)23/h2-5,8-9,11,13-14,24H,6-7,10,12H2,1H3. The van der Waals surface area contributed by atoms with Crippen LogP contribution in [0.1, 0.15) is 36.8 Å². The normalized spacial score (nSPS) is 29.5. The smallest absolute Gasteiger partial charge is 0.140 e. The molecule has 120 valence electrons. The second kappa shape index (κ2) is 4.05. The summed E-state index contributed by atoms with van der Waals surface area (Å²) in [6.45, 7) is 0. The van der Waals surface area contributed by atoms with E-state index in [1.807, 2.05) is 11.6 Å². The van der Waals surface area contributed by atoms with Crippen LogP contribution in [0.3, 0.4) is 0 Å². The van der Waals surface area contributed by atoms with Gasteiger partial charge in [0.1, 0.15) is 5.75 Å². The van der Waals surface area contributed by atoms with Crippen molar-refractivity contribution in [3.05, 3.63) is 53.7 Å². The van der Waals surface area contributed by atoms with Crippen molar-refractivity contribution in [2.45, 2.75) is 31.1 Å². The topological polar surface area (TPSA) is 25.2 Å². The quantitative estimate of drug-likeness (QED) is 0.622. The molecule has 3 aromatic rings. The van der Waals surface area contributed by atoms with Crippen LogP contribution >= 0.6 is 0 Å². The number of aromatic nitrogens is 1. The molecule has 1 spiro atoms. The SMILES string of the molecule is Cn1ccc2c3c(cc(O)c21)C1(CC2CCC1C2)c1ccccc1-3. The van der Waals surface area contributed by atoms with Crippen molar-refractivity contribution >= 4 is 10.9 Å². The number of rotatable bonds is 0. The number of hydrogen-bond acceptors (Lipinski definition) is 1. The minimum Gasteiger partial charge on any atom is -0.506 e. The Hall–Kier alpha value is -2.22. The minimum absolute atomic E-state index is 0.149. The third-order valence-corrected chi connectivity index (χ3v) is 7.14. The molecule has 2 saturated carbocycles. The molecule has 3 aliphatic rings. The Bertz CT molecular complexity index is 1010. The van der Waals surface area contributed by atoms with Crippen molar-refractivity contribution in [2.24, 2.45) is 18.9 Å². The van der Waals surface area contributed by atoms with E-state index in [0.29, 0.717) is 5.75 Å². The molecule has 2 aromatic carbocycles. The molecule has 2 heteroatoms. The average molecular weight is 315 g/mol. The third kappa shape index (κ3) is 1.28. The fourth-order valence-electron chi connectivity index (χ4n) is 6.34. The summed E-state index contributed by atoms with van der Waals surface area (Å²) in [5.41, 5.74) is 6.80. The number of nitrogens with zero attached hydrogens (tertiary/aromatic N) is 1. The fraction of sp³-hybridized carbons (Fsp3) is 0.364. The van der Waals surface area contributed by atoms with Crippen LogP contribution < -0.4 is 0 Å². The Morgan fingerprint density at radius 1 is 1.12 bits per heavy atom. The van der Waals surface area contributed by atoms with Gasteiger partial charge in [-0.25, -0.2) is 0 Å². The van der Waals surface area contributed by atoms with Gasteiger partial charge in [-0.05, 0) is 65.5 Å². The summed E-state index contributed by atoms with van der Waals surface area (Å²) < 4.78 is 2.04. The van der Waals surface area contributed by atoms with Crippen LogP contribution in [0, 0.1) is 11.8 Å². The summed E-state index contributed by atoms with van der Waals surface area (Å²) in [4.78, 5) is 0. The van der Waals surface area contributed by atoms with E-state index in [1.54, 1.807) is 0 Å². The molecule has 3 aliphatic carbocycles. The van der Waals surface area contributed by atoms with Crippen molar-refractivity contribution in [1.82, 2.24) is 4.57 Å². The van der Waals surface area contributed by atoms with Gasteiger partial charge in [-0.2, -0.15) is 0 Å². The van der Waals surface area contributed by atoms with E-state index in [0.717, 1.165) is 17.4 Å². The molecule has 0 saturated heterocycles. The molecule has 2 bridgehead atoms. The predicted molar refractivity (Wildman–Crippen MR) is 96.2 cm³/mol. The second-order valence-electron chi connectivity index (χ2n) is 8.10. The molecule has 1 N–H and O–H groups in total. The molecule has 1 aromatic heterocycles. The van der Waals surface area contributed by atoms with Gasteiger partial charge in [-0.3, -0.25) is 0 Å². The van der Waals surface area contributed by atoms with E-state index >= 15 is 0 Å². The number of benzene rings is 2. The monoisotopic (exact) mass is 315 g/mol. The van der Waals surface area contributed by atoms with Crippen molar-refractivity contribution in [2.75, 3.05) is 0 Å². The van der Waals surface area contributed by atoms with Crippen molar-refractivity contribution in [1.29, 1.82) is 0 Å². The molecule has 0 radical (unpaired) electrons. The van der Waals surface area contributed by atoms with Crippen LogP contribution in [0.2, 0.25) is 0 Å². The number of phenolic OH excluding ortho intramolecular Hbond substituents is 1. The van der Waals surface area contributed by atoms with Gasteiger partial charge in [0.25, 0.3) is 0 Å². The van der Waals surface area contributed by atoms with Crippen LogP contribution in [0.25, 0.3) is 22.0 Å². The van der Waals surface area contributed by atoms with Crippen LogP contribution in [0.4, 0.5) is 0 Å². The first-order valence-corrected chi connectivity index (χ1v) is 9.11. The molecule has 2 fully saturated rings. The van der Waals surface area contributed by atoms with Gasteiger partial charge >= 0.3 is 0 Å². The first kappa shape index (κ1) is 13.1. The molecule has 3 unspecified atom stereocenters. The molecular weight excluding hydrogens is 294 g/mol. The highest BCUT2D eigenvalue weighted by Crippen LogP contribution is 2.66. The van der Waals surface area contributed by atoms with Crippen LogP contribution in [0.5, 0.6) is 5.75 Å². The molecule has 2 nitrogen and oxygen atoms in total. The Kier molecular flexibility index (Phi) is 2.22. The molecule has 1 heterocycles. The lowest BCUT2D eigenvalue weighted by atomic mass is 9.66. The summed E-state index contributed by atoms with van der Waals surface area (Å²) in [7, 11) is 2.02. The van der Waals surface area contributed by atoms with Crippen LogP contribution in [0.15, 0.2) is 42.6 Å². The second-order valence-corrected chi connectivity index (χ2v) is 8.10. The van der Waals surface area contributed by atoms with Crippen molar-refractivity contribution in [3.8, 4) is 16.9 Å². The van der Waals surface area contributed by atoms with E-state index < -0.39 is 0 Å². The first-order valence-electron chi connectivity index (χ1n) is 9.11. The minimum atomic E-state index is 0.149. The lowest BCUT2D eigenvalue weighted by molar-refractivity contribution is 0.326. The van der Waals surface area contributed by atoms with Crippen LogP contribution in [-0.2, 0) is 12.5 Å². The van der Waals surface area contributed by atoms with E-state index in [-0.39, 0.29) is 5.41 Å². The summed E-state index contributed by atoms with van der Waals surface area (Å²) in [6.07, 6.45) is 7.43. The average Bonchev–Trinajstić information content (AvgIpc) is 3.33. The van der Waals surface area contributed by atoms with Gasteiger partial charge in [-0.15, -0.1) is 0 Å². The third-order valence-electron chi connectivity index (χ3n) is 7.14. The number of aromatic hydroxyl groups is 1. The zero-order valence-electron chi connectivity index (χ0n) is 13.9. The van der Waals surface area contributed by atoms with Gasteiger partial charge in [-0.1, -0.05) is 30.7 Å². The Morgan fingerprint density at radius 2 is 2.00 bits per heavy atom. The van der Waals surface area contributed by atoms with E-state index in [9.17, 15) is 5.11 Å². The summed E-state index contributed by atoms with van der Waals surface area (Å²) in [5.74, 6) is 2.04. The zero-order chi connectivity index (χ0) is 16.1. The van der Waals surface area contributed by atoms with Gasteiger partial charge in [0, 0.05) is 24.0 Å². The van der Waals surface area contributed by atoms with Crippen LogP contribution in [-0.4, -0.2) is 9.67 Å². The highest BCUT2D eigenvalue weighted by molar-refractivity contribution is 6.04. The molecule has 24 heavy (non-hydrogen) atoms. The highest BCUT2D eigenvalue weighted by atomic mass is 16.3. The molecular formula is C22H21NO. The highest BCUT2D eigenvalue weighted by Gasteiger charge is 2.57. The summed E-state index contributed by atoms with van der Waals surface area (Å²) in [5, 5.41) is 12.0. The maximum atomic E-state index is 10.8. The Morgan fingerprint density at radius 3 is 2.79 bits per heavy atom. The fourth-order valence-corrected chi connectivity index (χ4v) is 6.34. The van der Waals surface area contributed by atoms with E-state index in [4.69, 9.17) is 0 Å². The van der Waals surface area contributed by atoms with E-state index in [2.05, 4.69) is 42.6 Å². The predicted octanol–water partition coefficient (Wildman–Crippen LogP) is 4.97. The lowest BCUT2D eigenvalue weighted by Gasteiger charge is -2.36. The largest absolute Gasteiger partial charge is 0.506 e. The number of phenols is 1. The zero-order valence-corrected chi connectivity index (χ0v) is 13.9. The Balaban J connectivity index is 1.79. The molecule has 3 atom stereocenters. The summed E-state index contributed by atoms with van der Waals surface area (Å²) in [6, 6.07) is 13.3.